The molecule has 56 valence electrons. The van der Waals surface area contributed by atoms with Crippen molar-refractivity contribution in [1.82, 2.24) is 0 Å². The quantitative estimate of drug-likeness (QED) is 0.507. The molecule has 0 aromatic rings. The first kappa shape index (κ1) is 6.41. The van der Waals surface area contributed by atoms with Gasteiger partial charge in [0, 0.05) is 0 Å². The van der Waals surface area contributed by atoms with Crippen molar-refractivity contribution < 1.29 is 5.11 Å². The first-order chi connectivity index (χ1) is 4.70. The normalized spacial score (nSPS) is 46.1. The van der Waals surface area contributed by atoms with Crippen LogP contribution in [0.25, 0.3) is 0 Å². The van der Waals surface area contributed by atoms with E-state index >= 15 is 0 Å². The molecule has 2 bridgehead atoms. The van der Waals surface area contributed by atoms with E-state index in [-0.39, 0.29) is 5.60 Å². The van der Waals surface area contributed by atoms with Gasteiger partial charge in [-0.15, -0.1) is 0 Å². The molecule has 1 nitrogen and oxygen atoms in total. The summed E-state index contributed by atoms with van der Waals surface area (Å²) in [5, 5.41) is 9.83. The van der Waals surface area contributed by atoms with E-state index in [9.17, 15) is 5.11 Å². The molecule has 0 aliphatic heterocycles. The highest BCUT2D eigenvalue weighted by atomic mass is 16.3. The smallest absolute Gasteiger partial charge is 0.0690 e. The monoisotopic (exact) mass is 138 g/mol. The highest BCUT2D eigenvalue weighted by molar-refractivity contribution is 5.16. The molecule has 10 heavy (non-hydrogen) atoms. The molecule has 2 saturated carbocycles. The first-order valence-electron chi connectivity index (χ1n) is 4.10. The molecule has 0 aromatic heterocycles. The number of fused-ring (bicyclic) bond motifs is 2. The molecular formula is C9H14O. The zero-order chi connectivity index (χ0) is 7.19. The Hall–Kier alpha value is -0.300. The number of rotatable bonds is 0. The minimum absolute atomic E-state index is 0.333. The summed E-state index contributed by atoms with van der Waals surface area (Å²) in [6.07, 6.45) is 5.33. The van der Waals surface area contributed by atoms with E-state index in [2.05, 4.69) is 6.58 Å². The Bertz CT molecular complexity index is 174. The van der Waals surface area contributed by atoms with Crippen LogP contribution >= 0.6 is 0 Å². The predicted octanol–water partition coefficient (Wildman–Crippen LogP) is 1.87. The van der Waals surface area contributed by atoms with Crippen LogP contribution in [0.3, 0.4) is 0 Å². The lowest BCUT2D eigenvalue weighted by Crippen LogP contribution is -2.27. The molecule has 2 rings (SSSR count). The van der Waals surface area contributed by atoms with Crippen LogP contribution in [0.15, 0.2) is 12.2 Å². The molecule has 2 aliphatic carbocycles. The van der Waals surface area contributed by atoms with Gasteiger partial charge in [0.05, 0.1) is 5.60 Å². The molecule has 2 atom stereocenters. The Morgan fingerprint density at radius 2 is 2.40 bits per heavy atom. The average Bonchev–Trinajstić information content (AvgIpc) is 2.03. The molecule has 0 saturated heterocycles. The fourth-order valence-corrected chi connectivity index (χ4v) is 2.42. The fraction of sp³-hybridized carbons (Fsp3) is 0.778. The topological polar surface area (TPSA) is 20.2 Å². The second kappa shape index (κ2) is 1.85. The summed E-state index contributed by atoms with van der Waals surface area (Å²) in [4.78, 5) is 0. The Labute approximate surface area is 61.8 Å². The molecule has 1 N–H and O–H groups in total. The summed E-state index contributed by atoms with van der Waals surface area (Å²) < 4.78 is 0. The largest absolute Gasteiger partial charge is 0.390 e. The van der Waals surface area contributed by atoms with Gasteiger partial charge < -0.3 is 5.11 Å². The Balaban J connectivity index is 2.23. The van der Waals surface area contributed by atoms with Crippen molar-refractivity contribution in [3.8, 4) is 0 Å². The minimum atomic E-state index is -0.333. The van der Waals surface area contributed by atoms with Crippen LogP contribution in [0.4, 0.5) is 0 Å². The summed E-state index contributed by atoms with van der Waals surface area (Å²) >= 11 is 0. The number of hydrogen-bond acceptors (Lipinski definition) is 1. The van der Waals surface area contributed by atoms with Crippen molar-refractivity contribution >= 4 is 0 Å². The van der Waals surface area contributed by atoms with Gasteiger partial charge in [-0.05, 0) is 38.0 Å². The zero-order valence-corrected chi connectivity index (χ0v) is 6.27. The van der Waals surface area contributed by atoms with Crippen molar-refractivity contribution in [3.63, 3.8) is 0 Å². The molecule has 0 amide bonds. The lowest BCUT2D eigenvalue weighted by molar-refractivity contribution is 0.0198. The molecule has 0 radical (unpaired) electrons. The third-order valence-corrected chi connectivity index (χ3v) is 2.95. The van der Waals surface area contributed by atoms with E-state index in [1.165, 1.54) is 18.4 Å². The molecule has 1 heteroatoms. The molecule has 2 aliphatic rings. The molecule has 0 heterocycles. The van der Waals surface area contributed by atoms with Crippen LogP contribution in [0, 0.1) is 5.92 Å². The molecule has 0 spiro atoms. The Morgan fingerprint density at radius 1 is 1.60 bits per heavy atom. The SMILES string of the molecule is C=C1C[C@]2(O)CCC[C@H]1C2. The lowest BCUT2D eigenvalue weighted by Gasteiger charge is -2.26. The van der Waals surface area contributed by atoms with Gasteiger partial charge in [-0.2, -0.15) is 0 Å². The van der Waals surface area contributed by atoms with Gasteiger partial charge in [-0.25, -0.2) is 0 Å². The van der Waals surface area contributed by atoms with Crippen molar-refractivity contribution in [3.05, 3.63) is 12.2 Å². The molecular weight excluding hydrogens is 124 g/mol. The third kappa shape index (κ3) is 0.807. The summed E-state index contributed by atoms with van der Waals surface area (Å²) in [7, 11) is 0. The van der Waals surface area contributed by atoms with Crippen molar-refractivity contribution in [1.29, 1.82) is 0 Å². The van der Waals surface area contributed by atoms with E-state index in [1.807, 2.05) is 0 Å². The highest BCUT2D eigenvalue weighted by Crippen LogP contribution is 2.47. The predicted molar refractivity (Wildman–Crippen MR) is 40.7 cm³/mol. The summed E-state index contributed by atoms with van der Waals surface area (Å²) in [6.45, 7) is 3.98. The van der Waals surface area contributed by atoms with Crippen LogP contribution in [0.5, 0.6) is 0 Å². The van der Waals surface area contributed by atoms with Crippen LogP contribution in [-0.2, 0) is 0 Å². The Morgan fingerprint density at radius 3 is 3.00 bits per heavy atom. The van der Waals surface area contributed by atoms with Crippen molar-refractivity contribution in [2.75, 3.05) is 0 Å². The zero-order valence-electron chi connectivity index (χ0n) is 6.27. The average molecular weight is 138 g/mol. The number of hydrogen-bond donors (Lipinski definition) is 1. The maximum atomic E-state index is 9.83. The molecule has 0 aromatic carbocycles. The maximum absolute atomic E-state index is 9.83. The van der Waals surface area contributed by atoms with Crippen molar-refractivity contribution in [2.45, 2.75) is 37.7 Å². The van der Waals surface area contributed by atoms with Gasteiger partial charge in [0.25, 0.3) is 0 Å². The Kier molecular flexibility index (Phi) is 1.19. The molecule has 0 unspecified atom stereocenters. The number of aliphatic hydroxyl groups is 1. The van der Waals surface area contributed by atoms with Crippen molar-refractivity contribution in [2.24, 2.45) is 5.92 Å². The van der Waals surface area contributed by atoms with Gasteiger partial charge in [0.1, 0.15) is 0 Å². The standard InChI is InChI=1S/C9H14O/c1-7-5-9(10)4-2-3-8(7)6-9/h8,10H,1-6H2/t8-,9+/m0/s1. The van der Waals surface area contributed by atoms with Crippen LogP contribution in [-0.4, -0.2) is 10.7 Å². The van der Waals surface area contributed by atoms with Gasteiger partial charge in [-0.1, -0.05) is 12.2 Å². The third-order valence-electron chi connectivity index (χ3n) is 2.95. The summed E-state index contributed by atoms with van der Waals surface area (Å²) in [5.74, 6) is 0.652. The fourth-order valence-electron chi connectivity index (χ4n) is 2.42. The van der Waals surface area contributed by atoms with Gasteiger partial charge >= 0.3 is 0 Å². The van der Waals surface area contributed by atoms with E-state index in [0.717, 1.165) is 19.3 Å². The van der Waals surface area contributed by atoms with Gasteiger partial charge in [-0.3, -0.25) is 0 Å². The summed E-state index contributed by atoms with van der Waals surface area (Å²) in [5.41, 5.74) is 0.958. The maximum Gasteiger partial charge on any atom is 0.0690 e. The lowest BCUT2D eigenvalue weighted by atomic mass is 9.86. The van der Waals surface area contributed by atoms with E-state index < -0.39 is 0 Å². The second-order valence-corrected chi connectivity index (χ2v) is 3.85. The van der Waals surface area contributed by atoms with E-state index in [1.54, 1.807) is 0 Å². The first-order valence-corrected chi connectivity index (χ1v) is 4.10. The highest BCUT2D eigenvalue weighted by Gasteiger charge is 2.42. The van der Waals surface area contributed by atoms with Crippen LogP contribution in [0.1, 0.15) is 32.1 Å². The van der Waals surface area contributed by atoms with E-state index in [0.29, 0.717) is 5.92 Å². The minimum Gasteiger partial charge on any atom is -0.390 e. The van der Waals surface area contributed by atoms with Gasteiger partial charge in [0.2, 0.25) is 0 Å². The molecule has 2 fully saturated rings. The van der Waals surface area contributed by atoms with Crippen LogP contribution in [0.2, 0.25) is 0 Å². The van der Waals surface area contributed by atoms with E-state index in [4.69, 9.17) is 0 Å². The van der Waals surface area contributed by atoms with Crippen LogP contribution < -0.4 is 0 Å². The summed E-state index contributed by atoms with van der Waals surface area (Å²) in [6, 6.07) is 0. The second-order valence-electron chi connectivity index (χ2n) is 3.85. The van der Waals surface area contributed by atoms with Gasteiger partial charge in [0.15, 0.2) is 0 Å².